The van der Waals surface area contributed by atoms with Gasteiger partial charge < -0.3 is 5.73 Å². The summed E-state index contributed by atoms with van der Waals surface area (Å²) in [5, 5.41) is 4.08. The van der Waals surface area contributed by atoms with E-state index in [2.05, 4.69) is 10.00 Å². The number of likely N-dealkylation sites (tertiary alicyclic amines) is 1. The lowest BCUT2D eigenvalue weighted by atomic mass is 9.97. The number of fused-ring (bicyclic) bond motifs is 1. The Morgan fingerprint density at radius 2 is 2.10 bits per heavy atom. The molecular formula is C14H19N5O2. The number of hydrogen-bond acceptors (Lipinski definition) is 5. The first-order valence-electron chi connectivity index (χ1n) is 7.21. The second kappa shape index (κ2) is 5.79. The molecule has 0 radical (unpaired) electrons. The fourth-order valence-electron chi connectivity index (χ4n) is 2.73. The van der Waals surface area contributed by atoms with Gasteiger partial charge in [0.25, 0.3) is 5.91 Å². The Labute approximate surface area is 122 Å². The smallest absolute Gasteiger partial charge is 0.330 e. The van der Waals surface area contributed by atoms with Crippen molar-refractivity contribution in [1.82, 2.24) is 19.1 Å². The van der Waals surface area contributed by atoms with E-state index in [1.54, 1.807) is 24.4 Å². The van der Waals surface area contributed by atoms with Gasteiger partial charge in [-0.15, -0.1) is 9.78 Å². The number of pyridine rings is 1. The molecule has 0 spiro atoms. The first kappa shape index (κ1) is 14.0. The number of hydrogen-bond donors (Lipinski definition) is 1. The van der Waals surface area contributed by atoms with E-state index in [0.717, 1.165) is 30.6 Å². The van der Waals surface area contributed by atoms with Crippen molar-refractivity contribution >= 4 is 11.6 Å². The van der Waals surface area contributed by atoms with Crippen LogP contribution in [0.25, 0.3) is 5.65 Å². The molecule has 1 fully saturated rings. The molecule has 7 heteroatoms. The highest BCUT2D eigenvalue weighted by molar-refractivity contribution is 5.80. The van der Waals surface area contributed by atoms with E-state index in [-0.39, 0.29) is 12.5 Å². The second-order valence-corrected chi connectivity index (χ2v) is 5.47. The van der Waals surface area contributed by atoms with E-state index in [1.807, 2.05) is 0 Å². The minimum Gasteiger partial charge on any atom is -0.330 e. The predicted octanol–water partition coefficient (Wildman–Crippen LogP) is -0.193. The minimum absolute atomic E-state index is 0.223. The zero-order valence-electron chi connectivity index (χ0n) is 11.8. The van der Waals surface area contributed by atoms with Crippen LogP contribution in [0.15, 0.2) is 29.2 Å². The molecule has 7 nitrogen and oxygen atoms in total. The lowest BCUT2D eigenvalue weighted by Gasteiger charge is -2.30. The molecular weight excluding hydrogens is 270 g/mol. The van der Waals surface area contributed by atoms with E-state index in [4.69, 9.17) is 5.73 Å². The molecule has 112 valence electrons. The highest BCUT2D eigenvalue weighted by Gasteiger charge is 2.22. The number of piperidine rings is 1. The topological polar surface area (TPSA) is 85.6 Å². The monoisotopic (exact) mass is 289 g/mol. The number of carbonyl (C=O) groups is 1. The molecule has 2 N–H and O–H groups in total. The van der Waals surface area contributed by atoms with Crippen LogP contribution in [-0.4, -0.2) is 51.2 Å². The molecule has 2 aromatic rings. The van der Waals surface area contributed by atoms with Crippen molar-refractivity contribution in [1.29, 1.82) is 0 Å². The summed E-state index contributed by atoms with van der Waals surface area (Å²) in [5.41, 5.74) is 5.73. The third kappa shape index (κ3) is 2.74. The molecule has 1 saturated heterocycles. The molecule has 0 aliphatic carbocycles. The highest BCUT2D eigenvalue weighted by atomic mass is 16.2. The first-order valence-corrected chi connectivity index (χ1v) is 7.21. The van der Waals surface area contributed by atoms with Crippen molar-refractivity contribution in [2.75, 3.05) is 26.2 Å². The van der Waals surface area contributed by atoms with Crippen molar-refractivity contribution < 1.29 is 4.79 Å². The predicted molar refractivity (Wildman–Crippen MR) is 78.3 cm³/mol. The Morgan fingerprint density at radius 1 is 1.33 bits per heavy atom. The summed E-state index contributed by atoms with van der Waals surface area (Å²) < 4.78 is 2.34. The van der Waals surface area contributed by atoms with Gasteiger partial charge in [-0.1, -0.05) is 6.07 Å². The zero-order chi connectivity index (χ0) is 14.8. The largest absolute Gasteiger partial charge is 0.357 e. The molecule has 1 aliphatic rings. The van der Waals surface area contributed by atoms with E-state index in [9.17, 15) is 9.59 Å². The fourth-order valence-corrected chi connectivity index (χ4v) is 2.73. The van der Waals surface area contributed by atoms with Crippen molar-refractivity contribution in [3.8, 4) is 0 Å². The van der Waals surface area contributed by atoms with Gasteiger partial charge in [-0.2, -0.15) is 0 Å². The third-order valence-corrected chi connectivity index (χ3v) is 4.06. The number of rotatable bonds is 3. The van der Waals surface area contributed by atoms with Crippen LogP contribution in [0.4, 0.5) is 0 Å². The molecule has 0 bridgehead atoms. The molecule has 1 aliphatic heterocycles. The van der Waals surface area contributed by atoms with Gasteiger partial charge in [0.1, 0.15) is 0 Å². The third-order valence-electron chi connectivity index (χ3n) is 4.06. The summed E-state index contributed by atoms with van der Waals surface area (Å²) in [4.78, 5) is 26.5. The fraction of sp³-hybridized carbons (Fsp3) is 0.500. The van der Waals surface area contributed by atoms with Crippen LogP contribution in [0.2, 0.25) is 0 Å². The zero-order valence-corrected chi connectivity index (χ0v) is 11.8. The maximum Gasteiger partial charge on any atom is 0.357 e. The van der Waals surface area contributed by atoms with Gasteiger partial charge >= 0.3 is 5.69 Å². The summed E-state index contributed by atoms with van der Waals surface area (Å²) in [7, 11) is 0. The van der Waals surface area contributed by atoms with Crippen molar-refractivity contribution in [3.05, 3.63) is 34.9 Å². The van der Waals surface area contributed by atoms with Crippen LogP contribution in [0, 0.1) is 5.92 Å². The normalized spacial score (nSPS) is 17.4. The Hall–Kier alpha value is -1.99. The molecule has 0 unspecified atom stereocenters. The Kier molecular flexibility index (Phi) is 3.85. The Morgan fingerprint density at radius 3 is 2.76 bits per heavy atom. The van der Waals surface area contributed by atoms with Crippen LogP contribution < -0.4 is 11.4 Å². The van der Waals surface area contributed by atoms with Gasteiger partial charge in [0, 0.05) is 6.20 Å². The SMILES string of the molecule is NCC1CCN(CC(=O)n2nc3ccccn3c2=O)CC1. The Bertz CT molecular complexity index is 697. The van der Waals surface area contributed by atoms with Crippen molar-refractivity contribution in [3.63, 3.8) is 0 Å². The first-order chi connectivity index (χ1) is 10.2. The van der Waals surface area contributed by atoms with Crippen molar-refractivity contribution in [2.24, 2.45) is 11.7 Å². The molecule has 3 rings (SSSR count). The molecule has 0 aromatic carbocycles. The van der Waals surface area contributed by atoms with Crippen molar-refractivity contribution in [2.45, 2.75) is 12.8 Å². The van der Waals surface area contributed by atoms with Gasteiger partial charge in [-0.3, -0.25) is 9.69 Å². The number of aromatic nitrogens is 3. The van der Waals surface area contributed by atoms with Gasteiger partial charge in [0.15, 0.2) is 5.65 Å². The molecule has 3 heterocycles. The number of nitrogens with two attached hydrogens (primary N) is 1. The molecule has 21 heavy (non-hydrogen) atoms. The summed E-state index contributed by atoms with van der Waals surface area (Å²) in [5.74, 6) is 0.268. The average Bonchev–Trinajstić information content (AvgIpc) is 2.86. The van der Waals surface area contributed by atoms with Gasteiger partial charge in [-0.05, 0) is 50.5 Å². The summed E-state index contributed by atoms with van der Waals surface area (Å²) >= 11 is 0. The highest BCUT2D eigenvalue weighted by Crippen LogP contribution is 2.15. The van der Waals surface area contributed by atoms with Gasteiger partial charge in [-0.25, -0.2) is 9.20 Å². The van der Waals surface area contributed by atoms with Gasteiger partial charge in [0.2, 0.25) is 0 Å². The van der Waals surface area contributed by atoms with E-state index in [1.165, 1.54) is 4.40 Å². The second-order valence-electron chi connectivity index (χ2n) is 5.47. The van der Waals surface area contributed by atoms with Crippen LogP contribution >= 0.6 is 0 Å². The number of carbonyl (C=O) groups excluding carboxylic acids is 1. The van der Waals surface area contributed by atoms with E-state index >= 15 is 0 Å². The lowest BCUT2D eigenvalue weighted by Crippen LogP contribution is -2.42. The minimum atomic E-state index is -0.410. The molecule has 0 saturated carbocycles. The maximum atomic E-state index is 12.3. The summed E-state index contributed by atoms with van der Waals surface area (Å²) in [6.07, 6.45) is 3.62. The van der Waals surface area contributed by atoms with Gasteiger partial charge in [0.05, 0.1) is 6.54 Å². The molecule has 0 atom stereocenters. The molecule has 2 aromatic heterocycles. The van der Waals surface area contributed by atoms with E-state index < -0.39 is 5.69 Å². The maximum absolute atomic E-state index is 12.3. The van der Waals surface area contributed by atoms with E-state index in [0.29, 0.717) is 18.1 Å². The van der Waals surface area contributed by atoms with Crippen LogP contribution in [0.3, 0.4) is 0 Å². The summed E-state index contributed by atoms with van der Waals surface area (Å²) in [6.45, 7) is 2.61. The summed E-state index contributed by atoms with van der Waals surface area (Å²) in [6, 6.07) is 5.23. The van der Waals surface area contributed by atoms with Crippen LogP contribution in [-0.2, 0) is 0 Å². The average molecular weight is 289 g/mol. The Balaban J connectivity index is 1.73. The van der Waals surface area contributed by atoms with Crippen LogP contribution in [0.1, 0.15) is 17.6 Å². The number of nitrogens with zero attached hydrogens (tertiary/aromatic N) is 4. The van der Waals surface area contributed by atoms with Crippen LogP contribution in [0.5, 0.6) is 0 Å². The standard InChI is InChI=1S/C14H19N5O2/c15-9-11-4-7-17(8-5-11)10-13(20)19-14(21)18-6-2-1-3-12(18)16-19/h1-3,6,11H,4-5,7-10,15H2. The molecule has 0 amide bonds. The lowest BCUT2D eigenvalue weighted by molar-refractivity contribution is 0.0795. The quantitative estimate of drug-likeness (QED) is 0.846.